The Balaban J connectivity index is 2.15. The van der Waals surface area contributed by atoms with Gasteiger partial charge in [0.15, 0.2) is 0 Å². The standard InChI is InChI=1S/C16H20N2/c1-11-5-7-13-15(9-11)18(4)16-10-12(2)6-8-14(16)17(13)3/h5-9,12H,10H2,1-4H3. The number of nitrogens with zero attached hydrogens (tertiary/aromatic N) is 2. The van der Waals surface area contributed by atoms with Crippen molar-refractivity contribution in [2.45, 2.75) is 20.3 Å². The van der Waals surface area contributed by atoms with Crippen molar-refractivity contribution in [2.75, 3.05) is 23.9 Å². The van der Waals surface area contributed by atoms with E-state index in [1.165, 1.54) is 28.3 Å². The lowest BCUT2D eigenvalue weighted by Gasteiger charge is -2.40. The summed E-state index contributed by atoms with van der Waals surface area (Å²) in [5.41, 5.74) is 6.70. The summed E-state index contributed by atoms with van der Waals surface area (Å²) in [6.45, 7) is 4.43. The van der Waals surface area contributed by atoms with Gasteiger partial charge in [0.05, 0.1) is 17.1 Å². The van der Waals surface area contributed by atoms with Crippen molar-refractivity contribution in [3.63, 3.8) is 0 Å². The third kappa shape index (κ3) is 1.56. The summed E-state index contributed by atoms with van der Waals surface area (Å²) in [4.78, 5) is 4.67. The van der Waals surface area contributed by atoms with Crippen molar-refractivity contribution >= 4 is 11.4 Å². The van der Waals surface area contributed by atoms with Crippen LogP contribution in [0.2, 0.25) is 0 Å². The van der Waals surface area contributed by atoms with E-state index in [-0.39, 0.29) is 0 Å². The van der Waals surface area contributed by atoms with Crippen molar-refractivity contribution in [3.05, 3.63) is 47.3 Å². The molecule has 0 saturated heterocycles. The van der Waals surface area contributed by atoms with Crippen LogP contribution >= 0.6 is 0 Å². The highest BCUT2D eigenvalue weighted by Gasteiger charge is 2.27. The number of hydrogen-bond donors (Lipinski definition) is 0. The van der Waals surface area contributed by atoms with Crippen molar-refractivity contribution in [2.24, 2.45) is 5.92 Å². The van der Waals surface area contributed by atoms with E-state index in [9.17, 15) is 0 Å². The molecule has 1 atom stereocenters. The van der Waals surface area contributed by atoms with Gasteiger partial charge in [-0.15, -0.1) is 0 Å². The number of aryl methyl sites for hydroxylation is 1. The van der Waals surface area contributed by atoms with Crippen molar-refractivity contribution in [1.29, 1.82) is 0 Å². The van der Waals surface area contributed by atoms with Gasteiger partial charge in [0.25, 0.3) is 0 Å². The lowest BCUT2D eigenvalue weighted by atomic mass is 9.94. The van der Waals surface area contributed by atoms with Gasteiger partial charge in [-0.25, -0.2) is 0 Å². The SMILES string of the molecule is Cc1ccc2c(c1)N(C)C1=C(C=CC(C)C1)N2C. The molecule has 1 aromatic rings. The fourth-order valence-electron chi connectivity index (χ4n) is 2.90. The third-order valence-corrected chi connectivity index (χ3v) is 4.01. The van der Waals surface area contributed by atoms with E-state index >= 15 is 0 Å². The molecule has 2 heteroatoms. The Labute approximate surface area is 109 Å². The summed E-state index contributed by atoms with van der Waals surface area (Å²) in [6, 6.07) is 6.68. The van der Waals surface area contributed by atoms with Crippen LogP contribution in [-0.4, -0.2) is 14.1 Å². The summed E-state index contributed by atoms with van der Waals surface area (Å²) < 4.78 is 0. The molecule has 3 rings (SSSR count). The van der Waals surface area contributed by atoms with E-state index in [0.29, 0.717) is 5.92 Å². The molecule has 0 fully saturated rings. The van der Waals surface area contributed by atoms with Crippen molar-refractivity contribution in [1.82, 2.24) is 0 Å². The summed E-state index contributed by atoms with van der Waals surface area (Å²) in [5.74, 6) is 0.631. The first-order chi connectivity index (χ1) is 8.58. The monoisotopic (exact) mass is 240 g/mol. The van der Waals surface area contributed by atoms with Gasteiger partial charge < -0.3 is 9.80 Å². The minimum Gasteiger partial charge on any atom is -0.345 e. The predicted molar refractivity (Wildman–Crippen MR) is 77.9 cm³/mol. The number of rotatable bonds is 0. The van der Waals surface area contributed by atoms with Gasteiger partial charge in [0.1, 0.15) is 0 Å². The quantitative estimate of drug-likeness (QED) is 0.682. The molecule has 1 aliphatic heterocycles. The predicted octanol–water partition coefficient (Wildman–Crippen LogP) is 3.69. The van der Waals surface area contributed by atoms with Crippen LogP contribution in [0.25, 0.3) is 0 Å². The Morgan fingerprint density at radius 2 is 1.89 bits per heavy atom. The van der Waals surface area contributed by atoms with Gasteiger partial charge in [-0.3, -0.25) is 0 Å². The minimum atomic E-state index is 0.631. The molecule has 0 amide bonds. The average molecular weight is 240 g/mol. The third-order valence-electron chi connectivity index (χ3n) is 4.01. The first-order valence-corrected chi connectivity index (χ1v) is 6.57. The van der Waals surface area contributed by atoms with Crippen LogP contribution in [0.5, 0.6) is 0 Å². The summed E-state index contributed by atoms with van der Waals surface area (Å²) in [6.07, 6.45) is 5.70. The molecule has 0 spiro atoms. The summed E-state index contributed by atoms with van der Waals surface area (Å²) >= 11 is 0. The Morgan fingerprint density at radius 3 is 2.67 bits per heavy atom. The smallest absolute Gasteiger partial charge is 0.0650 e. The topological polar surface area (TPSA) is 6.48 Å². The molecule has 0 bridgehead atoms. The van der Waals surface area contributed by atoms with E-state index in [1.807, 2.05) is 0 Å². The molecule has 0 N–H and O–H groups in total. The molecule has 0 saturated carbocycles. The second-order valence-electron chi connectivity index (χ2n) is 5.48. The first-order valence-electron chi connectivity index (χ1n) is 6.57. The number of likely N-dealkylation sites (N-methyl/N-ethyl adjacent to an activating group) is 1. The molecule has 1 unspecified atom stereocenters. The molecule has 2 nitrogen and oxygen atoms in total. The molecular formula is C16H20N2. The highest BCUT2D eigenvalue weighted by atomic mass is 15.2. The zero-order chi connectivity index (χ0) is 12.9. The number of fused-ring (bicyclic) bond motifs is 1. The van der Waals surface area contributed by atoms with Crippen molar-refractivity contribution < 1.29 is 0 Å². The Kier molecular flexibility index (Phi) is 2.47. The molecule has 2 aliphatic rings. The molecule has 94 valence electrons. The lowest BCUT2D eigenvalue weighted by Crippen LogP contribution is -2.33. The molecule has 1 aromatic carbocycles. The van der Waals surface area contributed by atoms with Crippen LogP contribution in [0.15, 0.2) is 41.7 Å². The zero-order valence-electron chi connectivity index (χ0n) is 11.6. The largest absolute Gasteiger partial charge is 0.345 e. The highest BCUT2D eigenvalue weighted by molar-refractivity contribution is 5.80. The van der Waals surface area contributed by atoms with Gasteiger partial charge >= 0.3 is 0 Å². The Hall–Kier alpha value is -1.70. The Morgan fingerprint density at radius 1 is 1.11 bits per heavy atom. The van der Waals surface area contributed by atoms with Gasteiger partial charge in [-0.05, 0) is 43.0 Å². The maximum Gasteiger partial charge on any atom is 0.0650 e. The van der Waals surface area contributed by atoms with Crippen LogP contribution in [0.4, 0.5) is 11.4 Å². The summed E-state index contributed by atoms with van der Waals surface area (Å²) in [5, 5.41) is 0. The Bertz CT molecular complexity index is 554. The van der Waals surface area contributed by atoms with Crippen LogP contribution in [0, 0.1) is 12.8 Å². The second kappa shape index (κ2) is 3.91. The fourth-order valence-corrected chi connectivity index (χ4v) is 2.90. The molecule has 1 aliphatic carbocycles. The van der Waals surface area contributed by atoms with Gasteiger partial charge in [0.2, 0.25) is 0 Å². The molecule has 18 heavy (non-hydrogen) atoms. The van der Waals surface area contributed by atoms with E-state index in [2.05, 4.69) is 68.1 Å². The van der Waals surface area contributed by atoms with E-state index in [0.717, 1.165) is 6.42 Å². The lowest BCUT2D eigenvalue weighted by molar-refractivity contribution is 0.673. The van der Waals surface area contributed by atoms with Crippen molar-refractivity contribution in [3.8, 4) is 0 Å². The number of benzene rings is 1. The molecule has 0 aromatic heterocycles. The van der Waals surface area contributed by atoms with E-state index in [4.69, 9.17) is 0 Å². The second-order valence-corrected chi connectivity index (χ2v) is 5.48. The number of anilines is 2. The van der Waals surface area contributed by atoms with Gasteiger partial charge in [-0.2, -0.15) is 0 Å². The van der Waals surface area contributed by atoms with Crippen LogP contribution in [0.3, 0.4) is 0 Å². The van der Waals surface area contributed by atoms with E-state index in [1.54, 1.807) is 0 Å². The maximum absolute atomic E-state index is 2.36. The van der Waals surface area contributed by atoms with Gasteiger partial charge in [0, 0.05) is 19.8 Å². The molecule has 0 radical (unpaired) electrons. The minimum absolute atomic E-state index is 0.631. The van der Waals surface area contributed by atoms with Crippen LogP contribution in [0.1, 0.15) is 18.9 Å². The highest BCUT2D eigenvalue weighted by Crippen LogP contribution is 2.42. The van der Waals surface area contributed by atoms with Crippen LogP contribution in [-0.2, 0) is 0 Å². The fraction of sp³-hybridized carbons (Fsp3) is 0.375. The van der Waals surface area contributed by atoms with Crippen LogP contribution < -0.4 is 9.80 Å². The zero-order valence-corrected chi connectivity index (χ0v) is 11.6. The maximum atomic E-state index is 2.36. The first kappa shape index (κ1) is 11.4. The van der Waals surface area contributed by atoms with E-state index < -0.39 is 0 Å². The average Bonchev–Trinajstić information content (AvgIpc) is 2.35. The molecular weight excluding hydrogens is 220 g/mol. The number of hydrogen-bond acceptors (Lipinski definition) is 2. The van der Waals surface area contributed by atoms with Gasteiger partial charge in [-0.1, -0.05) is 19.1 Å². The summed E-state index contributed by atoms with van der Waals surface area (Å²) in [7, 11) is 4.35. The normalized spacial score (nSPS) is 22.1. The molecule has 1 heterocycles. The number of allylic oxidation sites excluding steroid dienone is 3.